The van der Waals surface area contributed by atoms with Gasteiger partial charge in [-0.25, -0.2) is 22.7 Å². The number of nitrogens with zero attached hydrogens (tertiary/aromatic N) is 4. The van der Waals surface area contributed by atoms with Gasteiger partial charge in [-0.05, 0) is 57.0 Å². The van der Waals surface area contributed by atoms with E-state index in [1.54, 1.807) is 68.8 Å². The van der Waals surface area contributed by atoms with Crippen LogP contribution < -0.4 is 24.4 Å². The first kappa shape index (κ1) is 30.1. The molecule has 0 bridgehead atoms. The van der Waals surface area contributed by atoms with Gasteiger partial charge in [-0.3, -0.25) is 9.69 Å². The maximum atomic E-state index is 13.0. The molecule has 11 nitrogen and oxygen atoms in total. The average Bonchev–Trinajstić information content (AvgIpc) is 2.99. The number of fused-ring (bicyclic) bond motifs is 1. The SMILES string of the molecule is COc1cc(Nc2nc3ccccc3nc2N(c2cccc(NC(=O)CN3C(C)CCCC3C)c2)[SH](=O)=O)cc(OC)c1. The summed E-state index contributed by atoms with van der Waals surface area (Å²) >= 11 is 0. The highest BCUT2D eigenvalue weighted by Crippen LogP contribution is 2.36. The molecule has 2 heterocycles. The summed E-state index contributed by atoms with van der Waals surface area (Å²) in [5, 5.41) is 6.14. The van der Waals surface area contributed by atoms with Crippen molar-refractivity contribution < 1.29 is 22.7 Å². The molecule has 4 aromatic rings. The molecule has 3 aromatic carbocycles. The molecule has 1 amide bonds. The van der Waals surface area contributed by atoms with Crippen LogP contribution in [0.4, 0.5) is 28.7 Å². The fourth-order valence-corrected chi connectivity index (χ4v) is 6.01. The van der Waals surface area contributed by atoms with E-state index in [9.17, 15) is 13.2 Å². The van der Waals surface area contributed by atoms with Crippen molar-refractivity contribution in [2.24, 2.45) is 0 Å². The highest BCUT2D eigenvalue weighted by Gasteiger charge is 2.27. The summed E-state index contributed by atoms with van der Waals surface area (Å²) in [6.07, 6.45) is 3.28. The highest BCUT2D eigenvalue weighted by molar-refractivity contribution is 7.74. The lowest BCUT2D eigenvalue weighted by Gasteiger charge is -2.38. The van der Waals surface area contributed by atoms with E-state index in [1.807, 2.05) is 12.1 Å². The number of hydrogen-bond donors (Lipinski definition) is 3. The molecule has 0 aliphatic carbocycles. The smallest absolute Gasteiger partial charge is 0.238 e. The Hall–Kier alpha value is -4.42. The zero-order valence-electron chi connectivity index (χ0n) is 24.6. The zero-order valence-corrected chi connectivity index (χ0v) is 25.5. The largest absolute Gasteiger partial charge is 0.497 e. The number of carbonyl (C=O) groups excluding carboxylic acids is 1. The predicted octanol–water partition coefficient (Wildman–Crippen LogP) is 5.26. The minimum absolute atomic E-state index is 0.0658. The minimum atomic E-state index is -3.22. The molecule has 2 unspecified atom stereocenters. The van der Waals surface area contributed by atoms with E-state index in [1.165, 1.54) is 0 Å². The van der Waals surface area contributed by atoms with Crippen molar-refractivity contribution >= 4 is 56.5 Å². The molecule has 1 aliphatic rings. The summed E-state index contributed by atoms with van der Waals surface area (Å²) in [4.78, 5) is 24.7. The Morgan fingerprint density at radius 3 is 2.19 bits per heavy atom. The number of likely N-dealkylation sites (tertiary alicyclic amines) is 1. The van der Waals surface area contributed by atoms with Gasteiger partial charge in [0.1, 0.15) is 11.5 Å². The summed E-state index contributed by atoms with van der Waals surface area (Å²) in [6, 6.07) is 19.7. The molecule has 12 heteroatoms. The number of hydrogen-bond acceptors (Lipinski definition) is 9. The topological polar surface area (TPSA) is 126 Å². The van der Waals surface area contributed by atoms with E-state index in [0.29, 0.717) is 51.7 Å². The second-order valence-corrected chi connectivity index (χ2v) is 11.4. The molecular weight excluding hydrogens is 568 g/mol. The number of anilines is 5. The molecule has 1 aromatic heterocycles. The van der Waals surface area contributed by atoms with Gasteiger partial charge in [0, 0.05) is 41.7 Å². The summed E-state index contributed by atoms with van der Waals surface area (Å²) < 4.78 is 37.6. The minimum Gasteiger partial charge on any atom is -0.497 e. The molecule has 0 spiro atoms. The Kier molecular flexibility index (Phi) is 9.27. The summed E-state index contributed by atoms with van der Waals surface area (Å²) in [5.74, 6) is 1.20. The second kappa shape index (κ2) is 13.3. The fraction of sp³-hybridized carbons (Fsp3) is 0.323. The second-order valence-electron chi connectivity index (χ2n) is 10.6. The molecule has 0 radical (unpaired) electrons. The first-order valence-electron chi connectivity index (χ1n) is 14.1. The number of thiol groups is 1. The Morgan fingerprint density at radius 2 is 1.56 bits per heavy atom. The maximum absolute atomic E-state index is 13.0. The van der Waals surface area contributed by atoms with Gasteiger partial charge in [-0.2, -0.15) is 0 Å². The number of ether oxygens (including phenoxy) is 2. The quantitative estimate of drug-likeness (QED) is 0.208. The molecule has 1 fully saturated rings. The van der Waals surface area contributed by atoms with Crippen molar-refractivity contribution in [1.82, 2.24) is 14.9 Å². The van der Waals surface area contributed by atoms with Crippen LogP contribution in [0.3, 0.4) is 0 Å². The van der Waals surface area contributed by atoms with Gasteiger partial charge in [0.15, 0.2) is 11.6 Å². The van der Waals surface area contributed by atoms with Crippen LogP contribution in [0.5, 0.6) is 11.5 Å². The summed E-state index contributed by atoms with van der Waals surface area (Å²) in [7, 11) is -0.130. The molecule has 1 saturated heterocycles. The van der Waals surface area contributed by atoms with Crippen molar-refractivity contribution in [1.29, 1.82) is 0 Å². The number of carbonyl (C=O) groups is 1. The van der Waals surface area contributed by atoms with Crippen LogP contribution >= 0.6 is 0 Å². The van der Waals surface area contributed by atoms with Crippen LogP contribution in [0, 0.1) is 0 Å². The number of nitrogens with one attached hydrogen (secondary N) is 2. The van der Waals surface area contributed by atoms with Crippen LogP contribution in [0.1, 0.15) is 33.1 Å². The molecule has 43 heavy (non-hydrogen) atoms. The predicted molar refractivity (Wildman–Crippen MR) is 169 cm³/mol. The number of para-hydroxylation sites is 2. The number of amides is 1. The van der Waals surface area contributed by atoms with E-state index in [-0.39, 0.29) is 24.1 Å². The van der Waals surface area contributed by atoms with Gasteiger partial charge in [0.25, 0.3) is 0 Å². The Bertz CT molecular complexity index is 1660. The van der Waals surface area contributed by atoms with Crippen molar-refractivity contribution in [2.45, 2.75) is 45.2 Å². The van der Waals surface area contributed by atoms with Gasteiger partial charge < -0.3 is 20.1 Å². The number of rotatable bonds is 10. The van der Waals surface area contributed by atoms with Crippen molar-refractivity contribution in [3.05, 3.63) is 66.7 Å². The van der Waals surface area contributed by atoms with Gasteiger partial charge in [0.2, 0.25) is 16.8 Å². The van der Waals surface area contributed by atoms with E-state index in [4.69, 9.17) is 19.4 Å². The lowest BCUT2D eigenvalue weighted by atomic mass is 9.97. The van der Waals surface area contributed by atoms with Gasteiger partial charge in [0.05, 0.1) is 37.5 Å². The highest BCUT2D eigenvalue weighted by atomic mass is 32.2. The monoisotopic (exact) mass is 604 g/mol. The van der Waals surface area contributed by atoms with Crippen LogP contribution in [0.2, 0.25) is 0 Å². The van der Waals surface area contributed by atoms with Crippen LogP contribution in [0.15, 0.2) is 66.7 Å². The van der Waals surface area contributed by atoms with E-state index >= 15 is 0 Å². The van der Waals surface area contributed by atoms with E-state index < -0.39 is 10.9 Å². The molecule has 2 atom stereocenters. The normalized spacial score (nSPS) is 17.0. The van der Waals surface area contributed by atoms with E-state index in [0.717, 1.165) is 23.6 Å². The Labute approximate surface area is 252 Å². The Balaban J connectivity index is 1.50. The summed E-state index contributed by atoms with van der Waals surface area (Å²) in [6.45, 7) is 4.55. The third-order valence-electron chi connectivity index (χ3n) is 7.61. The first-order chi connectivity index (χ1) is 20.7. The lowest BCUT2D eigenvalue weighted by molar-refractivity contribution is -0.118. The zero-order chi connectivity index (χ0) is 30.5. The van der Waals surface area contributed by atoms with Crippen molar-refractivity contribution in [3.8, 4) is 11.5 Å². The molecule has 5 rings (SSSR count). The van der Waals surface area contributed by atoms with Crippen LogP contribution in [0.25, 0.3) is 11.0 Å². The van der Waals surface area contributed by atoms with Crippen LogP contribution in [-0.4, -0.2) is 62.0 Å². The average molecular weight is 605 g/mol. The van der Waals surface area contributed by atoms with Gasteiger partial charge in [-0.15, -0.1) is 0 Å². The number of aromatic nitrogens is 2. The standard InChI is InChI=1S/C31H36N6O5S/c1-20-9-7-10-21(2)36(20)19-29(38)32-22-11-8-12-24(15-22)37(43(39)40)31-30(34-27-13-5-6-14-28(27)35-31)33-23-16-25(41-3)18-26(17-23)42-4/h5-6,8,11-18,20-21,43H,7,9-10,19H2,1-4H3,(H,32,38)(H,33,34). The summed E-state index contributed by atoms with van der Waals surface area (Å²) in [5.41, 5.74) is 2.42. The van der Waals surface area contributed by atoms with E-state index in [2.05, 4.69) is 29.4 Å². The van der Waals surface area contributed by atoms with Gasteiger partial charge in [-0.1, -0.05) is 24.6 Å². The number of methoxy groups -OCH3 is 2. The first-order valence-corrected chi connectivity index (χ1v) is 15.3. The Morgan fingerprint density at radius 1 is 0.907 bits per heavy atom. The number of piperidine rings is 1. The molecule has 2 N–H and O–H groups in total. The van der Waals surface area contributed by atoms with Gasteiger partial charge >= 0.3 is 0 Å². The molecular formula is C31H36N6O5S. The van der Waals surface area contributed by atoms with Crippen molar-refractivity contribution in [2.75, 3.05) is 35.7 Å². The van der Waals surface area contributed by atoms with Crippen molar-refractivity contribution in [3.63, 3.8) is 0 Å². The third kappa shape index (κ3) is 6.98. The molecule has 1 aliphatic heterocycles. The molecule has 226 valence electrons. The number of benzene rings is 3. The fourth-order valence-electron chi connectivity index (χ4n) is 5.40. The maximum Gasteiger partial charge on any atom is 0.238 e. The lowest BCUT2D eigenvalue weighted by Crippen LogP contribution is -2.47. The van der Waals surface area contributed by atoms with Crippen LogP contribution in [-0.2, 0) is 15.7 Å². The third-order valence-corrected chi connectivity index (χ3v) is 8.35. The molecule has 0 saturated carbocycles.